The topological polar surface area (TPSA) is 49.3 Å². The van der Waals surface area contributed by atoms with E-state index in [2.05, 4.69) is 42.0 Å². The summed E-state index contributed by atoms with van der Waals surface area (Å²) < 4.78 is 0.607. The van der Waals surface area contributed by atoms with Crippen molar-refractivity contribution in [2.24, 2.45) is 5.92 Å². The van der Waals surface area contributed by atoms with E-state index in [1.54, 1.807) is 12.1 Å². The van der Waals surface area contributed by atoms with Gasteiger partial charge in [-0.3, -0.25) is 0 Å². The average Bonchev–Trinajstić information content (AvgIpc) is 2.28. The van der Waals surface area contributed by atoms with Crippen LogP contribution in [0.4, 0.5) is 5.69 Å². The fourth-order valence-electron chi connectivity index (χ4n) is 1.89. The Labute approximate surface area is 117 Å². The molecule has 0 saturated carbocycles. The Morgan fingerprint density at radius 1 is 1.44 bits per heavy atom. The fraction of sp³-hybridized carbons (Fsp3) is 0.500. The molecule has 0 aliphatic rings. The summed E-state index contributed by atoms with van der Waals surface area (Å²) >= 11 is 3.28. The van der Waals surface area contributed by atoms with Gasteiger partial charge in [-0.2, -0.15) is 0 Å². The van der Waals surface area contributed by atoms with Crippen molar-refractivity contribution in [2.75, 3.05) is 5.32 Å². The number of hydrogen-bond acceptors (Lipinski definition) is 2. The molecular formula is C14H20BrNO2. The van der Waals surface area contributed by atoms with Crippen LogP contribution in [-0.4, -0.2) is 17.1 Å². The number of rotatable bonds is 6. The zero-order valence-corrected chi connectivity index (χ0v) is 12.6. The molecule has 0 aliphatic heterocycles. The first-order valence-corrected chi connectivity index (χ1v) is 7.02. The maximum absolute atomic E-state index is 10.9. The van der Waals surface area contributed by atoms with E-state index in [-0.39, 0.29) is 5.56 Å². The SMILES string of the molecule is CCC(C)CC(C)Nc1ccc(C(=O)O)c(Br)c1. The van der Waals surface area contributed by atoms with E-state index in [0.29, 0.717) is 16.4 Å². The number of nitrogens with one attached hydrogen (secondary N) is 1. The Morgan fingerprint density at radius 2 is 2.11 bits per heavy atom. The second-order valence-corrected chi connectivity index (χ2v) is 5.65. The number of carboxylic acids is 1. The van der Waals surface area contributed by atoms with Gasteiger partial charge in [0.2, 0.25) is 0 Å². The van der Waals surface area contributed by atoms with E-state index in [4.69, 9.17) is 5.11 Å². The molecule has 3 nitrogen and oxygen atoms in total. The third-order valence-corrected chi connectivity index (χ3v) is 3.72. The zero-order valence-electron chi connectivity index (χ0n) is 11.0. The summed E-state index contributed by atoms with van der Waals surface area (Å²) in [6.45, 7) is 6.57. The molecule has 0 saturated heterocycles. The van der Waals surface area contributed by atoms with Crippen LogP contribution in [-0.2, 0) is 0 Å². The van der Waals surface area contributed by atoms with E-state index in [0.717, 1.165) is 12.1 Å². The molecule has 100 valence electrons. The molecule has 0 amide bonds. The largest absolute Gasteiger partial charge is 0.478 e. The smallest absolute Gasteiger partial charge is 0.336 e. The first-order chi connectivity index (χ1) is 8.43. The minimum atomic E-state index is -0.916. The Hall–Kier alpha value is -1.03. The Morgan fingerprint density at radius 3 is 2.61 bits per heavy atom. The normalized spacial score (nSPS) is 14.0. The first kappa shape index (κ1) is 15.0. The van der Waals surface area contributed by atoms with E-state index in [1.807, 2.05) is 6.07 Å². The maximum atomic E-state index is 10.9. The van der Waals surface area contributed by atoms with Gasteiger partial charge in [0.25, 0.3) is 0 Å². The third kappa shape index (κ3) is 4.33. The number of carbonyl (C=O) groups is 1. The Balaban J connectivity index is 2.68. The van der Waals surface area contributed by atoms with Gasteiger partial charge in [-0.1, -0.05) is 20.3 Å². The van der Waals surface area contributed by atoms with Crippen LogP contribution in [0.5, 0.6) is 0 Å². The lowest BCUT2D eigenvalue weighted by atomic mass is 10.0. The molecule has 0 fully saturated rings. The summed E-state index contributed by atoms with van der Waals surface area (Å²) in [5.41, 5.74) is 1.23. The highest BCUT2D eigenvalue weighted by atomic mass is 79.9. The molecule has 0 aromatic heterocycles. The molecule has 1 rings (SSSR count). The van der Waals surface area contributed by atoms with Gasteiger partial charge in [0.15, 0.2) is 0 Å². The van der Waals surface area contributed by atoms with Gasteiger partial charge in [-0.25, -0.2) is 4.79 Å². The van der Waals surface area contributed by atoms with Gasteiger partial charge in [0.1, 0.15) is 0 Å². The van der Waals surface area contributed by atoms with Crippen LogP contribution in [0.15, 0.2) is 22.7 Å². The van der Waals surface area contributed by atoms with Crippen molar-refractivity contribution in [1.82, 2.24) is 0 Å². The lowest BCUT2D eigenvalue weighted by molar-refractivity contribution is 0.0696. The van der Waals surface area contributed by atoms with Gasteiger partial charge >= 0.3 is 5.97 Å². The highest BCUT2D eigenvalue weighted by molar-refractivity contribution is 9.10. The van der Waals surface area contributed by atoms with Crippen LogP contribution in [0.3, 0.4) is 0 Å². The standard InChI is InChI=1S/C14H20BrNO2/c1-4-9(2)7-10(3)16-11-5-6-12(14(17)18)13(15)8-11/h5-6,8-10,16H,4,7H2,1-3H3,(H,17,18). The minimum Gasteiger partial charge on any atom is -0.478 e. The third-order valence-electron chi connectivity index (χ3n) is 3.07. The molecular weight excluding hydrogens is 294 g/mol. The van der Waals surface area contributed by atoms with Crippen LogP contribution in [0, 0.1) is 5.92 Å². The van der Waals surface area contributed by atoms with Crippen LogP contribution in [0.1, 0.15) is 44.0 Å². The summed E-state index contributed by atoms with van der Waals surface area (Å²) in [7, 11) is 0. The summed E-state index contributed by atoms with van der Waals surface area (Å²) in [6, 6.07) is 5.62. The predicted octanol–water partition coefficient (Wildman–Crippen LogP) is 4.38. The van der Waals surface area contributed by atoms with Crippen molar-refractivity contribution in [3.63, 3.8) is 0 Å². The number of carboxylic acid groups (broad SMARTS) is 1. The van der Waals surface area contributed by atoms with Crippen LogP contribution in [0.25, 0.3) is 0 Å². The summed E-state index contributed by atoms with van der Waals surface area (Å²) in [5, 5.41) is 12.3. The molecule has 0 radical (unpaired) electrons. The maximum Gasteiger partial charge on any atom is 0.336 e. The van der Waals surface area contributed by atoms with Crippen LogP contribution in [0.2, 0.25) is 0 Å². The summed E-state index contributed by atoms with van der Waals surface area (Å²) in [4.78, 5) is 10.9. The average molecular weight is 314 g/mol. The summed E-state index contributed by atoms with van der Waals surface area (Å²) in [5.74, 6) is -0.227. The molecule has 2 unspecified atom stereocenters. The van der Waals surface area contributed by atoms with E-state index in [1.165, 1.54) is 6.42 Å². The molecule has 2 atom stereocenters. The van der Waals surface area contributed by atoms with Crippen molar-refractivity contribution in [2.45, 2.75) is 39.7 Å². The Kier molecular flexibility index (Phi) is 5.66. The zero-order chi connectivity index (χ0) is 13.7. The first-order valence-electron chi connectivity index (χ1n) is 6.23. The van der Waals surface area contributed by atoms with Crippen molar-refractivity contribution in [1.29, 1.82) is 0 Å². The van der Waals surface area contributed by atoms with Gasteiger partial charge in [-0.05, 0) is 53.4 Å². The highest BCUT2D eigenvalue weighted by Crippen LogP contribution is 2.23. The van der Waals surface area contributed by atoms with E-state index in [9.17, 15) is 4.79 Å². The molecule has 0 spiro atoms. The minimum absolute atomic E-state index is 0.287. The molecule has 0 heterocycles. The lowest BCUT2D eigenvalue weighted by Crippen LogP contribution is -2.18. The molecule has 18 heavy (non-hydrogen) atoms. The molecule has 1 aromatic carbocycles. The van der Waals surface area contributed by atoms with Crippen molar-refractivity contribution in [3.8, 4) is 0 Å². The second-order valence-electron chi connectivity index (χ2n) is 4.79. The lowest BCUT2D eigenvalue weighted by Gasteiger charge is -2.19. The number of hydrogen-bond donors (Lipinski definition) is 2. The quantitative estimate of drug-likeness (QED) is 0.819. The van der Waals surface area contributed by atoms with Crippen molar-refractivity contribution in [3.05, 3.63) is 28.2 Å². The second kappa shape index (κ2) is 6.78. The molecule has 0 aliphatic carbocycles. The number of halogens is 1. The van der Waals surface area contributed by atoms with Crippen molar-refractivity contribution >= 4 is 27.6 Å². The van der Waals surface area contributed by atoms with Gasteiger partial charge < -0.3 is 10.4 Å². The van der Waals surface area contributed by atoms with Gasteiger partial charge in [-0.15, -0.1) is 0 Å². The number of aromatic carboxylic acids is 1. The van der Waals surface area contributed by atoms with Crippen LogP contribution < -0.4 is 5.32 Å². The monoisotopic (exact) mass is 313 g/mol. The van der Waals surface area contributed by atoms with Crippen molar-refractivity contribution < 1.29 is 9.90 Å². The summed E-state index contributed by atoms with van der Waals surface area (Å²) in [6.07, 6.45) is 2.28. The Bertz CT molecular complexity index is 420. The number of benzene rings is 1. The van der Waals surface area contributed by atoms with Gasteiger partial charge in [0, 0.05) is 16.2 Å². The molecule has 0 bridgehead atoms. The molecule has 1 aromatic rings. The highest BCUT2D eigenvalue weighted by Gasteiger charge is 2.10. The van der Waals surface area contributed by atoms with Crippen LogP contribution >= 0.6 is 15.9 Å². The molecule has 4 heteroatoms. The molecule has 2 N–H and O–H groups in total. The fourth-order valence-corrected chi connectivity index (χ4v) is 2.44. The predicted molar refractivity (Wildman–Crippen MR) is 78.3 cm³/mol. The number of anilines is 1. The van der Waals surface area contributed by atoms with E-state index >= 15 is 0 Å². The van der Waals surface area contributed by atoms with E-state index < -0.39 is 5.97 Å². The van der Waals surface area contributed by atoms with Gasteiger partial charge in [0.05, 0.1) is 5.56 Å².